The lowest BCUT2D eigenvalue weighted by molar-refractivity contribution is 0.173. The summed E-state index contributed by atoms with van der Waals surface area (Å²) in [7, 11) is -3.23. The summed E-state index contributed by atoms with van der Waals surface area (Å²) < 4.78 is 42.1. The molecule has 0 aromatic heterocycles. The Hall–Kier alpha value is -1.47. The molecular weight excluding hydrogens is 294 g/mol. The molecule has 1 aliphatic heterocycles. The molecule has 1 N–H and O–H groups in total. The Morgan fingerprint density at radius 3 is 2.86 bits per heavy atom. The zero-order valence-electron chi connectivity index (χ0n) is 12.3. The molecule has 0 radical (unpaired) electrons. The van der Waals surface area contributed by atoms with E-state index in [0.29, 0.717) is 30.3 Å². The number of sulfonamides is 1. The van der Waals surface area contributed by atoms with Crippen LogP contribution in [0.3, 0.4) is 0 Å². The van der Waals surface area contributed by atoms with E-state index in [1.807, 2.05) is 13.8 Å². The first-order chi connectivity index (χ1) is 10.00. The van der Waals surface area contributed by atoms with Crippen molar-refractivity contribution in [1.29, 1.82) is 0 Å². The van der Waals surface area contributed by atoms with Gasteiger partial charge in [0.05, 0.1) is 12.4 Å². The number of rotatable bonds is 8. The number of hydrogen-bond donors (Lipinski definition) is 1. The van der Waals surface area contributed by atoms with E-state index in [0.717, 1.165) is 6.42 Å². The quantitative estimate of drug-likeness (QED) is 0.742. The van der Waals surface area contributed by atoms with Gasteiger partial charge in [-0.05, 0) is 31.9 Å². The second kappa shape index (κ2) is 7.00. The van der Waals surface area contributed by atoms with Crippen LogP contribution in [0.4, 0.5) is 0 Å². The Morgan fingerprint density at radius 1 is 1.33 bits per heavy atom. The van der Waals surface area contributed by atoms with Gasteiger partial charge in [-0.3, -0.25) is 0 Å². The van der Waals surface area contributed by atoms with Gasteiger partial charge in [-0.25, -0.2) is 13.1 Å². The summed E-state index contributed by atoms with van der Waals surface area (Å²) in [5.74, 6) is 2.05. The average Bonchev–Trinajstić information content (AvgIpc) is 2.90. The van der Waals surface area contributed by atoms with Crippen LogP contribution < -0.4 is 18.9 Å². The van der Waals surface area contributed by atoms with Gasteiger partial charge >= 0.3 is 0 Å². The van der Waals surface area contributed by atoms with Crippen molar-refractivity contribution < 1.29 is 22.6 Å². The van der Waals surface area contributed by atoms with Crippen molar-refractivity contribution >= 4 is 10.0 Å². The third-order valence-electron chi connectivity index (χ3n) is 3.16. The molecule has 6 nitrogen and oxygen atoms in total. The summed E-state index contributed by atoms with van der Waals surface area (Å²) >= 11 is 0. The third-order valence-corrected chi connectivity index (χ3v) is 4.75. The van der Waals surface area contributed by atoms with Crippen LogP contribution in [0.2, 0.25) is 0 Å². The molecule has 0 bridgehead atoms. The minimum absolute atomic E-state index is 0.0372. The lowest BCUT2D eigenvalue weighted by atomic mass is 10.3. The Labute approximate surface area is 125 Å². The molecule has 1 aliphatic rings. The molecule has 1 heterocycles. The highest BCUT2D eigenvalue weighted by atomic mass is 32.2. The highest BCUT2D eigenvalue weighted by Crippen LogP contribution is 2.35. The third kappa shape index (κ3) is 4.78. The second-order valence-corrected chi connectivity index (χ2v) is 6.84. The number of nitrogens with one attached hydrogen (secondary N) is 1. The molecule has 0 spiro atoms. The molecule has 0 aliphatic carbocycles. The van der Waals surface area contributed by atoms with E-state index in [9.17, 15) is 8.42 Å². The number of ether oxygens (including phenoxy) is 3. The molecule has 0 fully saturated rings. The summed E-state index contributed by atoms with van der Waals surface area (Å²) in [6, 6.07) is 5.26. The summed E-state index contributed by atoms with van der Waals surface area (Å²) in [5, 5.41) is 0. The molecule has 7 heteroatoms. The van der Waals surface area contributed by atoms with E-state index in [2.05, 4.69) is 4.72 Å². The molecule has 1 atom stereocenters. The van der Waals surface area contributed by atoms with Crippen molar-refractivity contribution in [2.75, 3.05) is 19.2 Å². The first kappa shape index (κ1) is 15.9. The fourth-order valence-corrected chi connectivity index (χ4v) is 3.25. The molecule has 21 heavy (non-hydrogen) atoms. The van der Waals surface area contributed by atoms with Gasteiger partial charge in [-0.2, -0.15) is 0 Å². The highest BCUT2D eigenvalue weighted by Gasteiger charge is 2.15. The van der Waals surface area contributed by atoms with Crippen LogP contribution in [0, 0.1) is 0 Å². The first-order valence-electron chi connectivity index (χ1n) is 7.02. The lowest BCUT2D eigenvalue weighted by Gasteiger charge is -2.12. The molecular formula is C14H21NO5S. The average molecular weight is 315 g/mol. The molecule has 0 unspecified atom stereocenters. The van der Waals surface area contributed by atoms with E-state index < -0.39 is 10.0 Å². The summed E-state index contributed by atoms with van der Waals surface area (Å²) in [4.78, 5) is 0. The zero-order chi connectivity index (χ0) is 15.3. The standard InChI is InChI=1S/C14H21NO5S/c1-3-11(2)15-21(16,17)8-4-7-18-12-5-6-13-14(9-12)20-10-19-13/h5-6,9,11,15H,3-4,7-8,10H2,1-2H3/t11-/m1/s1. The van der Waals surface area contributed by atoms with E-state index in [1.165, 1.54) is 0 Å². The maximum absolute atomic E-state index is 11.8. The van der Waals surface area contributed by atoms with E-state index in [1.54, 1.807) is 18.2 Å². The predicted octanol–water partition coefficient (Wildman–Crippen LogP) is 1.90. The van der Waals surface area contributed by atoms with Crippen LogP contribution in [0.15, 0.2) is 18.2 Å². The molecule has 0 saturated heterocycles. The molecule has 1 aromatic carbocycles. The smallest absolute Gasteiger partial charge is 0.231 e. The Morgan fingerprint density at radius 2 is 2.10 bits per heavy atom. The van der Waals surface area contributed by atoms with Crippen molar-refractivity contribution in [3.05, 3.63) is 18.2 Å². The fraction of sp³-hybridized carbons (Fsp3) is 0.571. The molecule has 0 amide bonds. The van der Waals surface area contributed by atoms with Crippen LogP contribution >= 0.6 is 0 Å². The van der Waals surface area contributed by atoms with E-state index in [4.69, 9.17) is 14.2 Å². The molecule has 0 saturated carbocycles. The zero-order valence-corrected chi connectivity index (χ0v) is 13.1. The Balaban J connectivity index is 1.75. The topological polar surface area (TPSA) is 73.9 Å². The van der Waals surface area contributed by atoms with Gasteiger partial charge in [0.2, 0.25) is 16.8 Å². The van der Waals surface area contributed by atoms with Crippen LogP contribution in [-0.2, 0) is 10.0 Å². The summed E-state index contributed by atoms with van der Waals surface area (Å²) in [6.45, 7) is 4.34. The maximum atomic E-state index is 11.8. The predicted molar refractivity (Wildman–Crippen MR) is 79.4 cm³/mol. The van der Waals surface area contributed by atoms with Gasteiger partial charge in [-0.1, -0.05) is 6.92 Å². The van der Waals surface area contributed by atoms with Crippen molar-refractivity contribution in [3.8, 4) is 17.2 Å². The van der Waals surface area contributed by atoms with Gasteiger partial charge < -0.3 is 14.2 Å². The maximum Gasteiger partial charge on any atom is 0.231 e. The van der Waals surface area contributed by atoms with Gasteiger partial charge in [0, 0.05) is 12.1 Å². The van der Waals surface area contributed by atoms with Crippen LogP contribution in [0.5, 0.6) is 17.2 Å². The SMILES string of the molecule is CC[C@@H](C)NS(=O)(=O)CCCOc1ccc2c(c1)OCO2. The van der Waals surface area contributed by atoms with E-state index >= 15 is 0 Å². The molecule has 1 aromatic rings. The van der Waals surface area contributed by atoms with Gasteiger partial charge in [0.1, 0.15) is 5.75 Å². The number of benzene rings is 1. The number of fused-ring (bicyclic) bond motifs is 1. The Kier molecular flexibility index (Phi) is 5.30. The van der Waals surface area contributed by atoms with Crippen molar-refractivity contribution in [3.63, 3.8) is 0 Å². The monoisotopic (exact) mass is 315 g/mol. The second-order valence-electron chi connectivity index (χ2n) is 4.96. The van der Waals surface area contributed by atoms with Crippen molar-refractivity contribution in [2.45, 2.75) is 32.7 Å². The minimum atomic E-state index is -3.23. The van der Waals surface area contributed by atoms with E-state index in [-0.39, 0.29) is 18.6 Å². The van der Waals surface area contributed by atoms with Gasteiger partial charge in [-0.15, -0.1) is 0 Å². The normalized spacial score (nSPS) is 15.0. The molecule has 2 rings (SSSR count). The molecule has 118 valence electrons. The Bertz CT molecular complexity index is 573. The van der Waals surface area contributed by atoms with Crippen LogP contribution in [0.25, 0.3) is 0 Å². The van der Waals surface area contributed by atoms with Gasteiger partial charge in [0.25, 0.3) is 0 Å². The minimum Gasteiger partial charge on any atom is -0.493 e. The van der Waals surface area contributed by atoms with Crippen LogP contribution in [-0.4, -0.2) is 33.6 Å². The largest absolute Gasteiger partial charge is 0.493 e. The summed E-state index contributed by atoms with van der Waals surface area (Å²) in [6.07, 6.45) is 1.20. The van der Waals surface area contributed by atoms with Gasteiger partial charge in [0.15, 0.2) is 11.5 Å². The van der Waals surface area contributed by atoms with Crippen molar-refractivity contribution in [1.82, 2.24) is 4.72 Å². The lowest BCUT2D eigenvalue weighted by Crippen LogP contribution is -2.34. The summed E-state index contributed by atoms with van der Waals surface area (Å²) in [5.41, 5.74) is 0. The first-order valence-corrected chi connectivity index (χ1v) is 8.68. The number of hydrogen-bond acceptors (Lipinski definition) is 5. The van der Waals surface area contributed by atoms with Crippen LogP contribution in [0.1, 0.15) is 26.7 Å². The fourth-order valence-electron chi connectivity index (χ4n) is 1.85. The highest BCUT2D eigenvalue weighted by molar-refractivity contribution is 7.89. The van der Waals surface area contributed by atoms with Crippen molar-refractivity contribution in [2.24, 2.45) is 0 Å².